The van der Waals surface area contributed by atoms with Crippen LogP contribution < -0.4 is 0 Å². The van der Waals surface area contributed by atoms with Gasteiger partial charge in [-0.2, -0.15) is 0 Å². The summed E-state index contributed by atoms with van der Waals surface area (Å²) in [5, 5.41) is 4.33. The van der Waals surface area contributed by atoms with E-state index in [0.717, 1.165) is 10.3 Å². The molecule has 0 saturated carbocycles. The fourth-order valence-electron chi connectivity index (χ4n) is 1.12. The molecule has 0 aliphatic carbocycles. The van der Waals surface area contributed by atoms with Crippen molar-refractivity contribution in [2.24, 2.45) is 0 Å². The van der Waals surface area contributed by atoms with E-state index >= 15 is 0 Å². The van der Waals surface area contributed by atoms with Crippen LogP contribution in [0, 0.1) is 0 Å². The summed E-state index contributed by atoms with van der Waals surface area (Å²) >= 11 is 3.37. The topological polar surface area (TPSA) is 56.5 Å². The van der Waals surface area contributed by atoms with E-state index in [0.29, 0.717) is 11.7 Å². The molecule has 2 aromatic rings. The van der Waals surface area contributed by atoms with Gasteiger partial charge in [0.2, 0.25) is 0 Å². The zero-order valence-corrected chi connectivity index (χ0v) is 10.0. The highest BCUT2D eigenvalue weighted by molar-refractivity contribution is 9.10. The third kappa shape index (κ3) is 2.04. The van der Waals surface area contributed by atoms with Crippen molar-refractivity contribution in [2.75, 3.05) is 0 Å². The maximum atomic E-state index is 4.33. The molecule has 2 heterocycles. The molecule has 6 heteroatoms. The molecule has 0 bridgehead atoms. The van der Waals surface area contributed by atoms with Crippen LogP contribution >= 0.6 is 15.9 Å². The molecule has 0 unspecified atom stereocenters. The van der Waals surface area contributed by atoms with Crippen LogP contribution in [-0.2, 0) is 0 Å². The number of hydrogen-bond acceptors (Lipinski definition) is 4. The Labute approximate surface area is 95.7 Å². The van der Waals surface area contributed by atoms with Gasteiger partial charge in [-0.05, 0) is 15.9 Å². The summed E-state index contributed by atoms with van der Waals surface area (Å²) < 4.78 is 2.44. The number of hydrogen-bond donors (Lipinski definition) is 0. The van der Waals surface area contributed by atoms with Crippen molar-refractivity contribution in [1.29, 1.82) is 0 Å². The van der Waals surface area contributed by atoms with Gasteiger partial charge in [-0.3, -0.25) is 0 Å². The van der Waals surface area contributed by atoms with Crippen LogP contribution in [0.1, 0.15) is 25.6 Å². The van der Waals surface area contributed by atoms with Crippen molar-refractivity contribution >= 4 is 15.9 Å². The van der Waals surface area contributed by atoms with Gasteiger partial charge in [0.25, 0.3) is 0 Å². The van der Waals surface area contributed by atoms with Gasteiger partial charge in [0.1, 0.15) is 12.7 Å². The Kier molecular flexibility index (Phi) is 2.77. The van der Waals surface area contributed by atoms with Gasteiger partial charge < -0.3 is 0 Å². The van der Waals surface area contributed by atoms with Crippen LogP contribution in [0.3, 0.4) is 0 Å². The molecule has 0 amide bonds. The summed E-state index contributed by atoms with van der Waals surface area (Å²) in [5.74, 6) is 1.82. The van der Waals surface area contributed by atoms with Crippen LogP contribution in [0.15, 0.2) is 23.3 Å². The van der Waals surface area contributed by atoms with Crippen LogP contribution in [0.25, 0.3) is 5.82 Å². The lowest BCUT2D eigenvalue weighted by atomic mass is 10.2. The first kappa shape index (κ1) is 10.2. The van der Waals surface area contributed by atoms with Gasteiger partial charge in [-0.25, -0.2) is 19.6 Å². The summed E-state index contributed by atoms with van der Waals surface area (Å²) in [4.78, 5) is 12.2. The minimum Gasteiger partial charge on any atom is -0.243 e. The smallest absolute Gasteiger partial charge is 0.172 e. The highest BCUT2D eigenvalue weighted by Crippen LogP contribution is 2.16. The van der Waals surface area contributed by atoms with Crippen molar-refractivity contribution in [3.05, 3.63) is 29.1 Å². The SMILES string of the molecule is CC(C)c1ncn(-c2ncncc2Br)n1. The number of nitrogens with zero attached hydrogens (tertiary/aromatic N) is 5. The number of halogens is 1. The van der Waals surface area contributed by atoms with Gasteiger partial charge in [0.05, 0.1) is 4.47 Å². The lowest BCUT2D eigenvalue weighted by Gasteiger charge is -2.00. The highest BCUT2D eigenvalue weighted by atomic mass is 79.9. The molecule has 0 aliphatic heterocycles. The van der Waals surface area contributed by atoms with Gasteiger partial charge >= 0.3 is 0 Å². The van der Waals surface area contributed by atoms with Crippen LogP contribution in [-0.4, -0.2) is 24.7 Å². The van der Waals surface area contributed by atoms with E-state index in [1.807, 2.05) is 0 Å². The molecule has 0 fully saturated rings. The van der Waals surface area contributed by atoms with Gasteiger partial charge in [-0.15, -0.1) is 5.10 Å². The van der Waals surface area contributed by atoms with Crippen molar-refractivity contribution in [3.8, 4) is 5.82 Å². The Morgan fingerprint density at radius 1 is 1.33 bits per heavy atom. The van der Waals surface area contributed by atoms with Gasteiger partial charge in [0, 0.05) is 12.1 Å². The van der Waals surface area contributed by atoms with Gasteiger partial charge in [-0.1, -0.05) is 13.8 Å². The minimum atomic E-state index is 0.312. The lowest BCUT2D eigenvalue weighted by molar-refractivity contribution is 0.743. The molecule has 0 aromatic carbocycles. The second-order valence-electron chi connectivity index (χ2n) is 3.40. The van der Waals surface area contributed by atoms with E-state index < -0.39 is 0 Å². The van der Waals surface area contributed by atoms with Crippen LogP contribution in [0.4, 0.5) is 0 Å². The molecule has 15 heavy (non-hydrogen) atoms. The third-order valence-electron chi connectivity index (χ3n) is 1.89. The van der Waals surface area contributed by atoms with E-state index in [9.17, 15) is 0 Å². The fourth-order valence-corrected chi connectivity index (χ4v) is 1.52. The Morgan fingerprint density at radius 2 is 2.13 bits per heavy atom. The van der Waals surface area contributed by atoms with E-state index in [4.69, 9.17) is 0 Å². The number of aromatic nitrogens is 5. The largest absolute Gasteiger partial charge is 0.243 e. The first-order valence-electron chi connectivity index (χ1n) is 4.56. The van der Waals surface area contributed by atoms with Crippen molar-refractivity contribution in [2.45, 2.75) is 19.8 Å². The first-order chi connectivity index (χ1) is 7.18. The van der Waals surface area contributed by atoms with Crippen molar-refractivity contribution < 1.29 is 0 Å². The lowest BCUT2D eigenvalue weighted by Crippen LogP contribution is -2.01. The summed E-state index contributed by atoms with van der Waals surface area (Å²) in [6.07, 6.45) is 4.82. The predicted octanol–water partition coefficient (Wildman–Crippen LogP) is 1.94. The van der Waals surface area contributed by atoms with E-state index in [-0.39, 0.29) is 0 Å². The Hall–Kier alpha value is -1.30. The summed E-state index contributed by atoms with van der Waals surface area (Å²) in [7, 11) is 0. The van der Waals surface area contributed by atoms with Crippen molar-refractivity contribution in [1.82, 2.24) is 24.7 Å². The molecule has 0 aliphatic rings. The molecule has 0 radical (unpaired) electrons. The number of rotatable bonds is 2. The quantitative estimate of drug-likeness (QED) is 0.835. The monoisotopic (exact) mass is 267 g/mol. The summed E-state index contributed by atoms with van der Waals surface area (Å²) in [6, 6.07) is 0. The van der Waals surface area contributed by atoms with E-state index in [1.54, 1.807) is 17.2 Å². The third-order valence-corrected chi connectivity index (χ3v) is 2.45. The Morgan fingerprint density at radius 3 is 2.73 bits per heavy atom. The zero-order chi connectivity index (χ0) is 10.8. The molecule has 0 spiro atoms. The molecule has 78 valence electrons. The maximum Gasteiger partial charge on any atom is 0.172 e. The molecular weight excluding hydrogens is 258 g/mol. The Bertz CT molecular complexity index is 465. The van der Waals surface area contributed by atoms with Crippen LogP contribution in [0.5, 0.6) is 0 Å². The van der Waals surface area contributed by atoms with E-state index in [1.165, 1.54) is 6.33 Å². The van der Waals surface area contributed by atoms with Crippen molar-refractivity contribution in [3.63, 3.8) is 0 Å². The molecule has 0 N–H and O–H groups in total. The van der Waals surface area contributed by atoms with Gasteiger partial charge in [0.15, 0.2) is 11.6 Å². The summed E-state index contributed by atoms with van der Waals surface area (Å²) in [5.41, 5.74) is 0. The average molecular weight is 268 g/mol. The Balaban J connectivity index is 2.42. The van der Waals surface area contributed by atoms with E-state index in [2.05, 4.69) is 49.8 Å². The molecule has 2 rings (SSSR count). The van der Waals surface area contributed by atoms with Crippen LogP contribution in [0.2, 0.25) is 0 Å². The minimum absolute atomic E-state index is 0.312. The molecule has 2 aromatic heterocycles. The fraction of sp³-hybridized carbons (Fsp3) is 0.333. The second kappa shape index (κ2) is 4.06. The second-order valence-corrected chi connectivity index (χ2v) is 4.25. The molecular formula is C9H10BrN5. The molecule has 0 saturated heterocycles. The molecule has 5 nitrogen and oxygen atoms in total. The predicted molar refractivity (Wildman–Crippen MR) is 58.7 cm³/mol. The maximum absolute atomic E-state index is 4.33. The highest BCUT2D eigenvalue weighted by Gasteiger charge is 2.09. The molecule has 0 atom stereocenters. The zero-order valence-electron chi connectivity index (χ0n) is 8.42. The standard InChI is InChI=1S/C9H10BrN5/c1-6(2)8-13-5-15(14-8)9-7(10)3-11-4-12-9/h3-6H,1-2H3. The normalized spacial score (nSPS) is 10.9. The average Bonchev–Trinajstić information content (AvgIpc) is 2.67. The first-order valence-corrected chi connectivity index (χ1v) is 5.35. The summed E-state index contributed by atoms with van der Waals surface area (Å²) in [6.45, 7) is 4.10.